The molecule has 2 amide bonds. The van der Waals surface area contributed by atoms with Crippen LogP contribution in [0.25, 0.3) is 0 Å². The topological polar surface area (TPSA) is 40.6 Å². The second-order valence-corrected chi connectivity index (χ2v) is 6.85. The highest BCUT2D eigenvalue weighted by molar-refractivity contribution is 5.89. The highest BCUT2D eigenvalue weighted by atomic mass is 16.2. The molecule has 2 fully saturated rings. The summed E-state index contributed by atoms with van der Waals surface area (Å²) < 4.78 is 0. The molecule has 1 aromatic rings. The number of hydrogen-bond donors (Lipinski definition) is 0. The summed E-state index contributed by atoms with van der Waals surface area (Å²) in [4.78, 5) is 28.8. The quantitative estimate of drug-likeness (QED) is 0.856. The van der Waals surface area contributed by atoms with Crippen molar-refractivity contribution in [3.63, 3.8) is 0 Å². The summed E-state index contributed by atoms with van der Waals surface area (Å²) in [5, 5.41) is 0. The molecule has 0 bridgehead atoms. The Bertz CT molecular complexity index is 558. The summed E-state index contributed by atoms with van der Waals surface area (Å²) in [6.45, 7) is 4.28. The zero-order valence-corrected chi connectivity index (χ0v) is 13.9. The summed E-state index contributed by atoms with van der Waals surface area (Å²) in [7, 11) is 0. The molecule has 4 nitrogen and oxygen atoms in total. The molecule has 0 N–H and O–H groups in total. The number of carbonyl (C=O) groups is 2. The van der Waals surface area contributed by atoms with Crippen molar-refractivity contribution in [2.24, 2.45) is 5.92 Å². The Morgan fingerprint density at radius 2 is 2.00 bits per heavy atom. The summed E-state index contributed by atoms with van der Waals surface area (Å²) in [6.07, 6.45) is 4.63. The lowest BCUT2D eigenvalue weighted by Gasteiger charge is -2.35. The number of hydrogen-bond acceptors (Lipinski definition) is 2. The van der Waals surface area contributed by atoms with E-state index in [0.717, 1.165) is 25.8 Å². The van der Waals surface area contributed by atoms with Crippen LogP contribution in [0, 0.1) is 5.92 Å². The van der Waals surface area contributed by atoms with Gasteiger partial charge in [-0.15, -0.1) is 0 Å². The van der Waals surface area contributed by atoms with Crippen molar-refractivity contribution in [1.82, 2.24) is 9.80 Å². The van der Waals surface area contributed by atoms with Crippen LogP contribution in [0.3, 0.4) is 0 Å². The Morgan fingerprint density at radius 1 is 1.22 bits per heavy atom. The van der Waals surface area contributed by atoms with Gasteiger partial charge >= 0.3 is 0 Å². The average molecular weight is 314 g/mol. The third-order valence-corrected chi connectivity index (χ3v) is 5.16. The Morgan fingerprint density at radius 3 is 2.74 bits per heavy atom. The minimum atomic E-state index is -0.140. The van der Waals surface area contributed by atoms with Gasteiger partial charge in [0.2, 0.25) is 11.8 Å². The maximum absolute atomic E-state index is 12.7. The normalized spacial score (nSPS) is 25.0. The van der Waals surface area contributed by atoms with Crippen molar-refractivity contribution in [3.05, 3.63) is 35.9 Å². The standard InChI is InChI=1S/C19H26N2O2/c1-15-7-5-6-11-21(15)19(23)17-13-18(22)20(14-17)12-10-16-8-3-2-4-9-16/h2-4,8-9,15,17H,5-7,10-14H2,1H3/t15-,17+/m0/s1. The van der Waals surface area contributed by atoms with Gasteiger partial charge in [-0.3, -0.25) is 9.59 Å². The van der Waals surface area contributed by atoms with Crippen LogP contribution in [-0.2, 0) is 16.0 Å². The second-order valence-electron chi connectivity index (χ2n) is 6.85. The molecular formula is C19H26N2O2. The van der Waals surface area contributed by atoms with Crippen molar-refractivity contribution in [1.29, 1.82) is 0 Å². The van der Waals surface area contributed by atoms with E-state index in [4.69, 9.17) is 0 Å². The van der Waals surface area contributed by atoms with Gasteiger partial charge in [0.15, 0.2) is 0 Å². The van der Waals surface area contributed by atoms with E-state index in [1.165, 1.54) is 12.0 Å². The third-order valence-electron chi connectivity index (χ3n) is 5.16. The van der Waals surface area contributed by atoms with Crippen LogP contribution in [0.1, 0.15) is 38.2 Å². The minimum absolute atomic E-state index is 0.129. The highest BCUT2D eigenvalue weighted by Crippen LogP contribution is 2.25. The Kier molecular flexibility index (Phi) is 4.99. The van der Waals surface area contributed by atoms with Crippen molar-refractivity contribution >= 4 is 11.8 Å². The van der Waals surface area contributed by atoms with E-state index in [-0.39, 0.29) is 17.7 Å². The zero-order valence-electron chi connectivity index (χ0n) is 13.9. The molecule has 0 aromatic heterocycles. The number of rotatable bonds is 4. The summed E-state index contributed by atoms with van der Waals surface area (Å²) >= 11 is 0. The molecule has 2 atom stereocenters. The minimum Gasteiger partial charge on any atom is -0.342 e. The van der Waals surface area contributed by atoms with E-state index in [2.05, 4.69) is 19.1 Å². The summed E-state index contributed by atoms with van der Waals surface area (Å²) in [5.74, 6) is 0.176. The van der Waals surface area contributed by atoms with Gasteiger partial charge in [-0.25, -0.2) is 0 Å². The van der Waals surface area contributed by atoms with Gasteiger partial charge in [-0.1, -0.05) is 30.3 Å². The summed E-state index contributed by atoms with van der Waals surface area (Å²) in [6, 6.07) is 10.5. The number of nitrogens with zero attached hydrogens (tertiary/aromatic N) is 2. The SMILES string of the molecule is C[C@H]1CCCCN1C(=O)[C@@H]1CC(=O)N(CCc2ccccc2)C1. The van der Waals surface area contributed by atoms with Crippen LogP contribution < -0.4 is 0 Å². The number of likely N-dealkylation sites (tertiary alicyclic amines) is 2. The first kappa shape index (κ1) is 16.0. The van der Waals surface area contributed by atoms with E-state index < -0.39 is 0 Å². The molecular weight excluding hydrogens is 288 g/mol. The maximum Gasteiger partial charge on any atom is 0.228 e. The number of benzene rings is 1. The van der Waals surface area contributed by atoms with E-state index >= 15 is 0 Å². The van der Waals surface area contributed by atoms with Crippen LogP contribution in [0.15, 0.2) is 30.3 Å². The van der Waals surface area contributed by atoms with Crippen LogP contribution in [0.4, 0.5) is 0 Å². The van der Waals surface area contributed by atoms with Crippen LogP contribution in [0.5, 0.6) is 0 Å². The predicted octanol–water partition coefficient (Wildman–Crippen LogP) is 2.48. The molecule has 3 rings (SSSR count). The Hall–Kier alpha value is -1.84. The van der Waals surface area contributed by atoms with Gasteiger partial charge in [0, 0.05) is 32.1 Å². The smallest absolute Gasteiger partial charge is 0.228 e. The molecule has 0 saturated carbocycles. The molecule has 2 saturated heterocycles. The van der Waals surface area contributed by atoms with E-state index in [9.17, 15) is 9.59 Å². The fraction of sp³-hybridized carbons (Fsp3) is 0.579. The fourth-order valence-electron chi connectivity index (χ4n) is 3.72. The van der Waals surface area contributed by atoms with Gasteiger partial charge < -0.3 is 9.80 Å². The molecule has 1 aromatic carbocycles. The molecule has 0 unspecified atom stereocenters. The predicted molar refractivity (Wildman–Crippen MR) is 89.9 cm³/mol. The van der Waals surface area contributed by atoms with Crippen molar-refractivity contribution in [3.8, 4) is 0 Å². The number of carbonyl (C=O) groups excluding carboxylic acids is 2. The van der Waals surface area contributed by atoms with Crippen molar-refractivity contribution in [2.75, 3.05) is 19.6 Å². The monoisotopic (exact) mass is 314 g/mol. The van der Waals surface area contributed by atoms with Crippen molar-refractivity contribution in [2.45, 2.75) is 45.1 Å². The Labute approximate surface area is 138 Å². The lowest BCUT2D eigenvalue weighted by atomic mass is 9.99. The fourth-order valence-corrected chi connectivity index (χ4v) is 3.72. The van der Waals surface area contributed by atoms with Gasteiger partial charge in [0.1, 0.15) is 0 Å². The molecule has 2 heterocycles. The summed E-state index contributed by atoms with van der Waals surface area (Å²) in [5.41, 5.74) is 1.24. The first-order chi connectivity index (χ1) is 11.1. The van der Waals surface area contributed by atoms with Gasteiger partial charge in [0.05, 0.1) is 5.92 Å². The van der Waals surface area contributed by atoms with Gasteiger partial charge in [0.25, 0.3) is 0 Å². The molecule has 0 aliphatic carbocycles. The first-order valence-electron chi connectivity index (χ1n) is 8.77. The molecule has 4 heteroatoms. The average Bonchev–Trinajstić information content (AvgIpc) is 2.95. The third kappa shape index (κ3) is 3.74. The van der Waals surface area contributed by atoms with E-state index in [1.807, 2.05) is 28.0 Å². The van der Waals surface area contributed by atoms with E-state index in [1.54, 1.807) is 0 Å². The van der Waals surface area contributed by atoms with Crippen LogP contribution >= 0.6 is 0 Å². The van der Waals surface area contributed by atoms with Crippen molar-refractivity contribution < 1.29 is 9.59 Å². The highest BCUT2D eigenvalue weighted by Gasteiger charge is 2.37. The molecule has 2 aliphatic rings. The van der Waals surface area contributed by atoms with Gasteiger partial charge in [-0.2, -0.15) is 0 Å². The van der Waals surface area contributed by atoms with Crippen LogP contribution in [-0.4, -0.2) is 47.3 Å². The Balaban J connectivity index is 1.55. The van der Waals surface area contributed by atoms with Gasteiger partial charge in [-0.05, 0) is 38.2 Å². The number of amides is 2. The second kappa shape index (κ2) is 7.16. The largest absolute Gasteiger partial charge is 0.342 e. The number of piperidine rings is 1. The maximum atomic E-state index is 12.7. The molecule has 124 valence electrons. The van der Waals surface area contributed by atoms with Crippen LogP contribution in [0.2, 0.25) is 0 Å². The first-order valence-corrected chi connectivity index (χ1v) is 8.77. The lowest BCUT2D eigenvalue weighted by Crippen LogP contribution is -2.45. The lowest BCUT2D eigenvalue weighted by molar-refractivity contribution is -0.139. The molecule has 23 heavy (non-hydrogen) atoms. The molecule has 2 aliphatic heterocycles. The molecule has 0 radical (unpaired) electrons. The van der Waals surface area contributed by atoms with E-state index in [0.29, 0.717) is 25.6 Å². The zero-order chi connectivity index (χ0) is 16.2. The molecule has 0 spiro atoms.